The third kappa shape index (κ3) is 4.04. The Labute approximate surface area is 200 Å². The molecule has 3 amide bonds. The number of sulfonamides is 1. The molecule has 2 saturated heterocycles. The molecule has 0 aromatic heterocycles. The van der Waals surface area contributed by atoms with E-state index in [2.05, 4.69) is 0 Å². The van der Waals surface area contributed by atoms with Crippen LogP contribution in [-0.4, -0.2) is 101 Å². The van der Waals surface area contributed by atoms with Gasteiger partial charge >= 0.3 is 57.4 Å². The summed E-state index contributed by atoms with van der Waals surface area (Å²) >= 11 is 11.1. The van der Waals surface area contributed by atoms with Gasteiger partial charge in [-0.05, 0) is 12.1 Å². The van der Waals surface area contributed by atoms with Crippen LogP contribution in [0.4, 0.5) is 25.0 Å². The Balaban J connectivity index is 0.00000243. The van der Waals surface area contributed by atoms with Gasteiger partial charge in [0.2, 0.25) is 10.0 Å². The molecule has 2 aliphatic heterocycles. The van der Waals surface area contributed by atoms with Crippen molar-refractivity contribution in [3.63, 3.8) is 0 Å². The maximum absolute atomic E-state index is 14.3. The van der Waals surface area contributed by atoms with Crippen LogP contribution in [0.5, 0.6) is 0 Å². The van der Waals surface area contributed by atoms with Crippen molar-refractivity contribution in [2.24, 2.45) is 0 Å². The minimum atomic E-state index is -3.94. The van der Waals surface area contributed by atoms with Crippen LogP contribution in [-0.2, 0) is 14.8 Å². The summed E-state index contributed by atoms with van der Waals surface area (Å²) < 4.78 is 52.8. The van der Waals surface area contributed by atoms with Crippen LogP contribution in [0.15, 0.2) is 12.1 Å². The van der Waals surface area contributed by atoms with Crippen LogP contribution in [0, 0.1) is 5.82 Å². The fourth-order valence-electron chi connectivity index (χ4n) is 2.81. The van der Waals surface area contributed by atoms with Gasteiger partial charge in [-0.1, -0.05) is 11.6 Å². The number of hydrogen-bond acceptors (Lipinski definition) is 4. The number of imide groups is 1. The monoisotopic (exact) mass is 453 g/mol. The molecule has 0 radical (unpaired) electrons. The van der Waals surface area contributed by atoms with E-state index in [1.807, 2.05) is 4.72 Å². The van der Waals surface area contributed by atoms with Crippen LogP contribution in [0.25, 0.3) is 0 Å². The Hall–Kier alpha value is -0.0136. The van der Waals surface area contributed by atoms with Gasteiger partial charge in [0.25, 0.3) is 5.91 Å². The van der Waals surface area contributed by atoms with E-state index in [4.69, 9.17) is 23.2 Å². The number of nitrogens with zero attached hydrogens (tertiary/aromatic N) is 2. The first-order chi connectivity index (χ1) is 11.6. The zero-order valence-corrected chi connectivity index (χ0v) is 14.7. The zero-order chi connectivity index (χ0) is 18.5. The molecule has 1 aromatic carbocycles. The zero-order valence-electron chi connectivity index (χ0n) is 12.4. The van der Waals surface area contributed by atoms with E-state index in [0.29, 0.717) is 4.90 Å². The summed E-state index contributed by atoms with van der Waals surface area (Å²) in [7, 11) is -3.94. The second-order valence-corrected chi connectivity index (χ2v) is 8.28. The Bertz CT molecular complexity index is 849. The number of carbonyl (C=O) groups is 2. The van der Waals surface area contributed by atoms with Crippen molar-refractivity contribution in [1.82, 2.24) is 4.90 Å². The van der Waals surface area contributed by atoms with Crippen LogP contribution in [0.1, 0.15) is 6.42 Å². The summed E-state index contributed by atoms with van der Waals surface area (Å²) in [6.45, 7) is -0.257. The molecule has 0 bridgehead atoms. The van der Waals surface area contributed by atoms with Gasteiger partial charge in [-0.2, -0.15) is 0 Å². The van der Waals surface area contributed by atoms with E-state index in [0.717, 1.165) is 17.0 Å². The van der Waals surface area contributed by atoms with Crippen molar-refractivity contribution in [3.05, 3.63) is 23.0 Å². The van der Waals surface area contributed by atoms with Crippen molar-refractivity contribution >= 4 is 108 Å². The van der Waals surface area contributed by atoms with Crippen LogP contribution in [0.3, 0.4) is 0 Å². The van der Waals surface area contributed by atoms with Crippen molar-refractivity contribution in [2.45, 2.75) is 18.6 Å². The van der Waals surface area contributed by atoms with E-state index in [1.165, 1.54) is 0 Å². The van der Waals surface area contributed by atoms with Crippen molar-refractivity contribution in [2.75, 3.05) is 21.4 Å². The molecule has 138 valence electrons. The minimum absolute atomic E-state index is 0. The summed E-state index contributed by atoms with van der Waals surface area (Å²) in [4.78, 5) is 26.3. The number of anilines is 2. The first-order valence-electron chi connectivity index (χ1n) is 6.98. The summed E-state index contributed by atoms with van der Waals surface area (Å²) in [5.41, 5.74) is -0.716. The molecule has 26 heavy (non-hydrogen) atoms. The number of halogens is 4. The fraction of sp³-hybridized carbons (Fsp3) is 0.385. The first-order valence-corrected chi connectivity index (χ1v) is 9.55. The van der Waals surface area contributed by atoms with Gasteiger partial charge in [0, 0.05) is 6.42 Å². The molecule has 2 atom stereocenters. The molecule has 1 N–H and O–H groups in total. The number of carbonyl (C=O) groups excluding carboxylic acids is 2. The van der Waals surface area contributed by atoms with E-state index < -0.39 is 50.9 Å². The van der Waals surface area contributed by atoms with E-state index in [1.54, 1.807) is 0 Å². The molecular formula is C13H12Cl2F2KN3O4S. The second-order valence-electron chi connectivity index (χ2n) is 5.57. The predicted octanol–water partition coefficient (Wildman–Crippen LogP) is 1.65. The topological polar surface area (TPSA) is 86.8 Å². The molecule has 3 rings (SSSR count). The van der Waals surface area contributed by atoms with Crippen molar-refractivity contribution in [1.29, 1.82) is 0 Å². The molecule has 0 spiro atoms. The van der Waals surface area contributed by atoms with Gasteiger partial charge in [0.05, 0.1) is 22.9 Å². The summed E-state index contributed by atoms with van der Waals surface area (Å²) in [5.74, 6) is -1.78. The van der Waals surface area contributed by atoms with Gasteiger partial charge < -0.3 is 4.90 Å². The second kappa shape index (κ2) is 8.15. The van der Waals surface area contributed by atoms with E-state index in [-0.39, 0.29) is 75.1 Å². The van der Waals surface area contributed by atoms with Crippen molar-refractivity contribution < 1.29 is 26.8 Å². The van der Waals surface area contributed by atoms with Crippen LogP contribution in [0.2, 0.25) is 5.02 Å². The van der Waals surface area contributed by atoms with Gasteiger partial charge in [0.1, 0.15) is 23.2 Å². The number of fused-ring (bicyclic) bond motifs is 1. The molecule has 2 fully saturated rings. The molecule has 13 heteroatoms. The molecule has 7 nitrogen and oxygen atoms in total. The number of benzene rings is 1. The molecule has 2 heterocycles. The number of rotatable bonds is 4. The standard InChI is InChI=1S/C13H11Cl2F2N3O4S.K.H/c14-5-25(23,24)18-9-3-10(8(17)2-7(9)15)20-12(21)11-1-6(16)4-19(11)13(20)22;;/h2-3,6,11,18H,1,4-5H2;;. The third-order valence-corrected chi connectivity index (χ3v) is 5.87. The normalized spacial score (nSPS) is 22.5. The quantitative estimate of drug-likeness (QED) is 0.426. The molecule has 2 unspecified atom stereocenters. The van der Waals surface area contributed by atoms with E-state index >= 15 is 0 Å². The Kier molecular flexibility index (Phi) is 6.99. The van der Waals surface area contributed by atoms with Gasteiger partial charge in [-0.3, -0.25) is 9.52 Å². The molecule has 1 aromatic rings. The Morgan fingerprint density at radius 1 is 1.31 bits per heavy atom. The fourth-order valence-corrected chi connectivity index (χ4v) is 3.78. The van der Waals surface area contributed by atoms with Gasteiger partial charge in [-0.15, -0.1) is 11.6 Å². The third-order valence-electron chi connectivity index (χ3n) is 3.88. The Morgan fingerprint density at radius 2 is 1.96 bits per heavy atom. The van der Waals surface area contributed by atoms with Gasteiger partial charge in [-0.25, -0.2) is 26.9 Å². The number of nitrogens with one attached hydrogen (secondary N) is 1. The number of urea groups is 1. The first kappa shape index (κ1) is 22.3. The van der Waals surface area contributed by atoms with Gasteiger partial charge in [0.15, 0.2) is 0 Å². The average molecular weight is 454 g/mol. The summed E-state index contributed by atoms with van der Waals surface area (Å²) in [5, 5.41) is -1.05. The van der Waals surface area contributed by atoms with Crippen LogP contribution < -0.4 is 9.62 Å². The average Bonchev–Trinajstić information content (AvgIpc) is 3.01. The maximum atomic E-state index is 14.3. The molecule has 0 aliphatic carbocycles. The Morgan fingerprint density at radius 3 is 2.54 bits per heavy atom. The number of hydrogen-bond donors (Lipinski definition) is 1. The number of amides is 3. The molecular weight excluding hydrogens is 442 g/mol. The molecule has 0 saturated carbocycles. The summed E-state index contributed by atoms with van der Waals surface area (Å²) in [6, 6.07) is -0.180. The SMILES string of the molecule is O=C1C2CC(F)CN2C(=O)N1c1cc(NS(=O)(=O)CCl)c(Cl)cc1F.[KH]. The van der Waals surface area contributed by atoms with Crippen LogP contribution >= 0.6 is 23.2 Å². The summed E-state index contributed by atoms with van der Waals surface area (Å²) in [6.07, 6.45) is -1.48. The van der Waals surface area contributed by atoms with E-state index in [9.17, 15) is 26.8 Å². The number of alkyl halides is 2. The predicted molar refractivity (Wildman–Crippen MR) is 94.7 cm³/mol. The molecule has 2 aliphatic rings. The van der Waals surface area contributed by atoms with Crippen molar-refractivity contribution in [3.8, 4) is 0 Å².